The predicted molar refractivity (Wildman–Crippen MR) is 74.4 cm³/mol. The van der Waals surface area contributed by atoms with Gasteiger partial charge in [0, 0.05) is 5.54 Å². The number of rotatable bonds is 7. The topological polar surface area (TPSA) is 93.8 Å². The molecular weight excluding hydrogens is 260 g/mol. The second-order valence-corrected chi connectivity index (χ2v) is 5.09. The number of esters is 1. The van der Waals surface area contributed by atoms with Gasteiger partial charge in [-0.3, -0.25) is 10.1 Å². The van der Waals surface area contributed by atoms with Gasteiger partial charge in [0.15, 0.2) is 0 Å². The molecule has 0 saturated carbocycles. The first-order valence-corrected chi connectivity index (χ1v) is 6.31. The van der Waals surface area contributed by atoms with Gasteiger partial charge in [-0.15, -0.1) is 0 Å². The van der Waals surface area contributed by atoms with E-state index in [4.69, 9.17) is 10.5 Å². The number of benzene rings is 1. The summed E-state index contributed by atoms with van der Waals surface area (Å²) >= 11 is 0. The normalized spacial score (nSPS) is 14.7. The molecule has 0 bridgehead atoms. The van der Waals surface area contributed by atoms with Gasteiger partial charge in [-0.1, -0.05) is 30.3 Å². The lowest BCUT2D eigenvalue weighted by atomic mass is 9.96. The Kier molecular flexibility index (Phi) is 6.09. The molecule has 0 aliphatic heterocycles. The van der Waals surface area contributed by atoms with E-state index in [1.165, 1.54) is 7.11 Å². The van der Waals surface area contributed by atoms with Gasteiger partial charge in [-0.05, 0) is 19.4 Å². The Labute approximate surface area is 118 Å². The lowest BCUT2D eigenvalue weighted by molar-refractivity contribution is -0.160. The van der Waals surface area contributed by atoms with Crippen LogP contribution in [0.2, 0.25) is 0 Å². The van der Waals surface area contributed by atoms with Crippen molar-refractivity contribution < 1.29 is 19.4 Å². The molecule has 0 heterocycles. The molecule has 1 aromatic rings. The maximum Gasteiger partial charge on any atom is 0.324 e. The maximum atomic E-state index is 11.6. The lowest BCUT2D eigenvalue weighted by Crippen LogP contribution is -2.60. The fourth-order valence-electron chi connectivity index (χ4n) is 1.64. The van der Waals surface area contributed by atoms with Crippen LogP contribution in [0.1, 0.15) is 19.4 Å². The summed E-state index contributed by atoms with van der Waals surface area (Å²) in [7, 11) is 1.26. The molecule has 0 fully saturated rings. The first kappa shape index (κ1) is 16.6. The Bertz CT molecular complexity index is 417. The van der Waals surface area contributed by atoms with Crippen molar-refractivity contribution in [1.29, 1.82) is 0 Å². The van der Waals surface area contributed by atoms with Crippen molar-refractivity contribution >= 4 is 5.97 Å². The molecular formula is C14H22N2O4. The lowest BCUT2D eigenvalue weighted by Gasteiger charge is -2.30. The average molecular weight is 282 g/mol. The Hall–Kier alpha value is -1.47. The van der Waals surface area contributed by atoms with Crippen LogP contribution in [0.5, 0.6) is 0 Å². The summed E-state index contributed by atoms with van der Waals surface area (Å²) in [5.41, 5.74) is 5.90. The highest BCUT2D eigenvalue weighted by Crippen LogP contribution is 2.09. The van der Waals surface area contributed by atoms with Gasteiger partial charge < -0.3 is 20.3 Å². The minimum atomic E-state index is -1.32. The molecule has 20 heavy (non-hydrogen) atoms. The molecule has 1 aromatic carbocycles. The molecule has 2 unspecified atom stereocenters. The molecule has 0 aromatic heterocycles. The zero-order chi connectivity index (χ0) is 15.2. The quantitative estimate of drug-likeness (QED) is 0.493. The van der Waals surface area contributed by atoms with E-state index in [0.717, 1.165) is 5.56 Å². The molecule has 1 rings (SSSR count). The van der Waals surface area contributed by atoms with Crippen molar-refractivity contribution in [3.8, 4) is 0 Å². The van der Waals surface area contributed by atoms with Crippen molar-refractivity contribution in [2.24, 2.45) is 5.73 Å². The number of hydrogen-bond donors (Lipinski definition) is 3. The number of nitrogens with one attached hydrogen (secondary N) is 1. The molecule has 6 nitrogen and oxygen atoms in total. The van der Waals surface area contributed by atoms with Crippen LogP contribution >= 0.6 is 0 Å². The van der Waals surface area contributed by atoms with Gasteiger partial charge in [0.2, 0.25) is 6.41 Å². The summed E-state index contributed by atoms with van der Waals surface area (Å²) in [6.45, 7) is 3.53. The van der Waals surface area contributed by atoms with Gasteiger partial charge in [-0.25, -0.2) is 0 Å². The molecule has 112 valence electrons. The zero-order valence-corrected chi connectivity index (χ0v) is 12.0. The Morgan fingerprint density at radius 2 is 2.00 bits per heavy atom. The summed E-state index contributed by atoms with van der Waals surface area (Å²) < 4.78 is 9.88. The number of ether oxygens (including phenoxy) is 2. The SMILES string of the molecule is COC(=O)C(NC(O)OCc1ccccc1)C(C)(C)N. The van der Waals surface area contributed by atoms with E-state index in [-0.39, 0.29) is 6.61 Å². The van der Waals surface area contributed by atoms with Crippen LogP contribution in [0.3, 0.4) is 0 Å². The van der Waals surface area contributed by atoms with E-state index in [9.17, 15) is 9.90 Å². The third-order valence-corrected chi connectivity index (χ3v) is 2.74. The standard InChI is InChI=1S/C14H22N2O4/c1-14(2,15)11(12(17)19-3)16-13(18)20-9-10-7-5-4-6-8-10/h4-8,11,13,16,18H,9,15H2,1-3H3. The molecule has 2 atom stereocenters. The van der Waals surface area contributed by atoms with E-state index in [2.05, 4.69) is 10.1 Å². The van der Waals surface area contributed by atoms with E-state index >= 15 is 0 Å². The first-order valence-electron chi connectivity index (χ1n) is 6.31. The van der Waals surface area contributed by atoms with Crippen LogP contribution in [-0.2, 0) is 20.9 Å². The Balaban J connectivity index is 2.54. The maximum absolute atomic E-state index is 11.6. The van der Waals surface area contributed by atoms with E-state index in [1.54, 1.807) is 13.8 Å². The first-order chi connectivity index (χ1) is 9.34. The highest BCUT2D eigenvalue weighted by atomic mass is 16.6. The summed E-state index contributed by atoms with van der Waals surface area (Å²) in [4.78, 5) is 11.6. The van der Waals surface area contributed by atoms with Crippen LogP contribution < -0.4 is 11.1 Å². The third kappa shape index (κ3) is 5.26. The van der Waals surface area contributed by atoms with Crippen molar-refractivity contribution in [2.45, 2.75) is 38.4 Å². The zero-order valence-electron chi connectivity index (χ0n) is 12.0. The van der Waals surface area contributed by atoms with E-state index in [0.29, 0.717) is 0 Å². The van der Waals surface area contributed by atoms with Crippen LogP contribution in [-0.4, -0.2) is 36.2 Å². The minimum Gasteiger partial charge on any atom is -0.468 e. The fourth-order valence-corrected chi connectivity index (χ4v) is 1.64. The number of hydrogen-bond acceptors (Lipinski definition) is 6. The smallest absolute Gasteiger partial charge is 0.324 e. The van der Waals surface area contributed by atoms with E-state index < -0.39 is 24.0 Å². The molecule has 6 heteroatoms. The molecule has 0 aliphatic rings. The van der Waals surface area contributed by atoms with Gasteiger partial charge in [0.25, 0.3) is 0 Å². The van der Waals surface area contributed by atoms with Gasteiger partial charge in [0.05, 0.1) is 13.7 Å². The second kappa shape index (κ2) is 7.35. The number of methoxy groups -OCH3 is 1. The monoisotopic (exact) mass is 282 g/mol. The molecule has 0 spiro atoms. The van der Waals surface area contributed by atoms with Crippen molar-refractivity contribution in [2.75, 3.05) is 7.11 Å². The Morgan fingerprint density at radius 1 is 1.40 bits per heavy atom. The number of carbonyl (C=O) groups excluding carboxylic acids is 1. The Morgan fingerprint density at radius 3 is 2.50 bits per heavy atom. The van der Waals surface area contributed by atoms with E-state index in [1.807, 2.05) is 30.3 Å². The number of carbonyl (C=O) groups is 1. The predicted octanol–water partition coefficient (Wildman–Crippen LogP) is 0.348. The van der Waals surface area contributed by atoms with Crippen molar-refractivity contribution in [3.05, 3.63) is 35.9 Å². The third-order valence-electron chi connectivity index (χ3n) is 2.74. The van der Waals surface area contributed by atoms with Gasteiger partial charge in [0.1, 0.15) is 6.04 Å². The summed E-state index contributed by atoms with van der Waals surface area (Å²) in [6, 6.07) is 8.51. The highest BCUT2D eigenvalue weighted by molar-refractivity contribution is 5.77. The summed E-state index contributed by atoms with van der Waals surface area (Å²) in [5.74, 6) is -0.556. The van der Waals surface area contributed by atoms with Crippen LogP contribution in [0, 0.1) is 0 Å². The van der Waals surface area contributed by atoms with Crippen molar-refractivity contribution in [1.82, 2.24) is 5.32 Å². The average Bonchev–Trinajstić information content (AvgIpc) is 2.41. The van der Waals surface area contributed by atoms with Crippen LogP contribution in [0.15, 0.2) is 30.3 Å². The number of aliphatic hydroxyl groups is 1. The van der Waals surface area contributed by atoms with Crippen molar-refractivity contribution in [3.63, 3.8) is 0 Å². The minimum absolute atomic E-state index is 0.216. The summed E-state index contributed by atoms with van der Waals surface area (Å²) in [6.07, 6.45) is -1.32. The number of nitrogens with two attached hydrogens (primary N) is 1. The fraction of sp³-hybridized carbons (Fsp3) is 0.500. The number of aliphatic hydroxyl groups excluding tert-OH is 1. The summed E-state index contributed by atoms with van der Waals surface area (Å²) in [5, 5.41) is 12.4. The van der Waals surface area contributed by atoms with Gasteiger partial charge >= 0.3 is 5.97 Å². The molecule has 4 N–H and O–H groups in total. The molecule has 0 saturated heterocycles. The highest BCUT2D eigenvalue weighted by Gasteiger charge is 2.34. The largest absolute Gasteiger partial charge is 0.468 e. The van der Waals surface area contributed by atoms with Crippen LogP contribution in [0.4, 0.5) is 0 Å². The molecule has 0 radical (unpaired) electrons. The second-order valence-electron chi connectivity index (χ2n) is 5.09. The van der Waals surface area contributed by atoms with Gasteiger partial charge in [-0.2, -0.15) is 0 Å². The molecule has 0 amide bonds. The van der Waals surface area contributed by atoms with Crippen LogP contribution in [0.25, 0.3) is 0 Å². The molecule has 0 aliphatic carbocycles.